The molecule has 1 unspecified atom stereocenters. The maximum Gasteiger partial charge on any atom is 0.265 e. The lowest BCUT2D eigenvalue weighted by atomic mass is 9.93. The number of hydrogen-bond donors (Lipinski definition) is 3. The molecule has 1 heterocycles. The zero-order valence-corrected chi connectivity index (χ0v) is 13.6. The van der Waals surface area contributed by atoms with E-state index < -0.39 is 0 Å². The van der Waals surface area contributed by atoms with Crippen molar-refractivity contribution in [3.05, 3.63) is 4.88 Å². The first kappa shape index (κ1) is 15.4. The topological polar surface area (TPSA) is 80.0 Å². The zero-order chi connectivity index (χ0) is 14.5. The van der Waals surface area contributed by atoms with Crippen LogP contribution in [0.2, 0.25) is 0 Å². The van der Waals surface area contributed by atoms with E-state index in [-0.39, 0.29) is 5.91 Å². The van der Waals surface area contributed by atoms with Crippen LogP contribution in [0.15, 0.2) is 0 Å². The summed E-state index contributed by atoms with van der Waals surface area (Å²) in [5, 5.41) is 7.54. The Kier molecular flexibility index (Phi) is 5.54. The molecule has 1 aromatic rings. The van der Waals surface area contributed by atoms with Crippen LogP contribution >= 0.6 is 23.1 Å². The van der Waals surface area contributed by atoms with Crippen molar-refractivity contribution in [2.75, 3.05) is 23.9 Å². The van der Waals surface area contributed by atoms with Gasteiger partial charge >= 0.3 is 0 Å². The molecule has 5 nitrogen and oxygen atoms in total. The highest BCUT2D eigenvalue weighted by Gasteiger charge is 2.21. The van der Waals surface area contributed by atoms with Crippen molar-refractivity contribution in [2.24, 2.45) is 0 Å². The Morgan fingerprint density at radius 1 is 1.60 bits per heavy atom. The van der Waals surface area contributed by atoms with Crippen molar-refractivity contribution in [1.82, 2.24) is 10.3 Å². The summed E-state index contributed by atoms with van der Waals surface area (Å²) in [6.45, 7) is 2.82. The Labute approximate surface area is 128 Å². The van der Waals surface area contributed by atoms with Crippen LogP contribution in [0, 0.1) is 0 Å². The van der Waals surface area contributed by atoms with Gasteiger partial charge in [-0.25, -0.2) is 4.98 Å². The number of thiazole rings is 1. The fraction of sp³-hybridized carbons (Fsp3) is 0.692. The number of nitrogen functional groups attached to an aromatic ring is 1. The van der Waals surface area contributed by atoms with Crippen LogP contribution in [0.1, 0.15) is 42.3 Å². The first-order valence-corrected chi connectivity index (χ1v) is 9.04. The predicted octanol–water partition coefficient (Wildman–Crippen LogP) is 2.56. The molecule has 1 saturated carbocycles. The molecule has 1 aromatic heterocycles. The van der Waals surface area contributed by atoms with Gasteiger partial charge in [0.25, 0.3) is 5.91 Å². The number of nitrogens with zero attached hydrogens (tertiary/aromatic N) is 1. The van der Waals surface area contributed by atoms with Gasteiger partial charge in [0.15, 0.2) is 5.13 Å². The second-order valence-electron chi connectivity index (χ2n) is 5.10. The Hall–Kier alpha value is -0.950. The van der Waals surface area contributed by atoms with Crippen LogP contribution in [0.4, 0.5) is 10.9 Å². The van der Waals surface area contributed by atoms with Crippen LogP contribution in [0.5, 0.6) is 0 Å². The molecule has 0 aliphatic heterocycles. The molecule has 7 heteroatoms. The van der Waals surface area contributed by atoms with E-state index in [1.165, 1.54) is 30.6 Å². The molecule has 1 aliphatic carbocycles. The number of aromatic nitrogens is 1. The number of rotatable bonds is 7. The van der Waals surface area contributed by atoms with E-state index in [2.05, 4.69) is 28.8 Å². The first-order chi connectivity index (χ1) is 9.60. The van der Waals surface area contributed by atoms with Gasteiger partial charge in [-0.1, -0.05) is 18.3 Å². The Morgan fingerprint density at radius 3 is 2.95 bits per heavy atom. The van der Waals surface area contributed by atoms with E-state index >= 15 is 0 Å². The minimum Gasteiger partial charge on any atom is -0.382 e. The van der Waals surface area contributed by atoms with Crippen molar-refractivity contribution in [2.45, 2.75) is 43.9 Å². The fourth-order valence-corrected chi connectivity index (χ4v) is 3.10. The van der Waals surface area contributed by atoms with Gasteiger partial charge < -0.3 is 16.4 Å². The summed E-state index contributed by atoms with van der Waals surface area (Å²) in [7, 11) is 0. The zero-order valence-electron chi connectivity index (χ0n) is 11.9. The number of amides is 1. The number of nitrogens with one attached hydrogen (secondary N) is 2. The molecule has 1 aliphatic rings. The molecule has 112 valence electrons. The quantitative estimate of drug-likeness (QED) is 0.721. The van der Waals surface area contributed by atoms with Gasteiger partial charge in [0.1, 0.15) is 10.7 Å². The highest BCUT2D eigenvalue weighted by atomic mass is 32.2. The van der Waals surface area contributed by atoms with Gasteiger partial charge in [0, 0.05) is 17.8 Å². The first-order valence-electron chi connectivity index (χ1n) is 6.94. The second-order valence-corrected chi connectivity index (χ2v) is 7.37. The van der Waals surface area contributed by atoms with Gasteiger partial charge in [0.05, 0.1) is 0 Å². The van der Waals surface area contributed by atoms with Crippen LogP contribution in [-0.2, 0) is 0 Å². The van der Waals surface area contributed by atoms with E-state index in [0.29, 0.717) is 28.5 Å². The molecule has 0 saturated heterocycles. The van der Waals surface area contributed by atoms with E-state index in [4.69, 9.17) is 5.73 Å². The highest BCUT2D eigenvalue weighted by Crippen LogP contribution is 2.29. The van der Waals surface area contributed by atoms with Crippen molar-refractivity contribution in [3.8, 4) is 0 Å². The molecule has 1 atom stereocenters. The van der Waals surface area contributed by atoms with Gasteiger partial charge in [-0.2, -0.15) is 11.8 Å². The monoisotopic (exact) mass is 314 g/mol. The number of thioether (sulfide) groups is 1. The third-order valence-electron chi connectivity index (χ3n) is 3.53. The summed E-state index contributed by atoms with van der Waals surface area (Å²) < 4.78 is 0. The van der Waals surface area contributed by atoms with Crippen LogP contribution in [0.3, 0.4) is 0 Å². The number of anilines is 2. The SMILES string of the molecule is CSC(C)CCNC(=O)c1sc(NC2CCC2)nc1N. The molecule has 4 N–H and O–H groups in total. The Balaban J connectivity index is 1.85. The third-order valence-corrected chi connectivity index (χ3v) is 5.57. The molecule has 0 spiro atoms. The lowest BCUT2D eigenvalue weighted by molar-refractivity contribution is 0.0958. The van der Waals surface area contributed by atoms with E-state index in [1.807, 2.05) is 0 Å². The molecule has 0 aromatic carbocycles. The standard InChI is InChI=1S/C13H22N4OS2/c1-8(19-2)6-7-15-12(18)10-11(14)17-13(20-10)16-9-4-3-5-9/h8-9H,3-7,14H2,1-2H3,(H,15,18)(H,16,17). The van der Waals surface area contributed by atoms with Crippen LogP contribution in [0.25, 0.3) is 0 Å². The highest BCUT2D eigenvalue weighted by molar-refractivity contribution is 7.99. The summed E-state index contributed by atoms with van der Waals surface area (Å²) >= 11 is 3.14. The fourth-order valence-electron chi connectivity index (χ4n) is 1.87. The summed E-state index contributed by atoms with van der Waals surface area (Å²) in [6, 6.07) is 0.499. The predicted molar refractivity (Wildman–Crippen MR) is 87.7 cm³/mol. The largest absolute Gasteiger partial charge is 0.382 e. The van der Waals surface area contributed by atoms with Gasteiger partial charge in [0.2, 0.25) is 0 Å². The molecular formula is C13H22N4OS2. The maximum atomic E-state index is 12.1. The third kappa shape index (κ3) is 4.02. The molecule has 1 fully saturated rings. The summed E-state index contributed by atoms with van der Waals surface area (Å²) in [6.07, 6.45) is 6.64. The van der Waals surface area contributed by atoms with Crippen LogP contribution in [-0.4, -0.2) is 35.0 Å². The minimum absolute atomic E-state index is 0.116. The normalized spacial score (nSPS) is 16.5. The lowest BCUT2D eigenvalue weighted by Crippen LogP contribution is -2.26. The van der Waals surface area contributed by atoms with Crippen molar-refractivity contribution >= 4 is 40.0 Å². The number of carbonyl (C=O) groups is 1. The smallest absolute Gasteiger partial charge is 0.265 e. The summed E-state index contributed by atoms with van der Waals surface area (Å²) in [5.41, 5.74) is 5.83. The number of hydrogen-bond acceptors (Lipinski definition) is 6. The second kappa shape index (κ2) is 7.17. The van der Waals surface area contributed by atoms with Crippen molar-refractivity contribution < 1.29 is 4.79 Å². The summed E-state index contributed by atoms with van der Waals surface area (Å²) in [4.78, 5) is 16.8. The minimum atomic E-state index is -0.116. The molecular weight excluding hydrogens is 292 g/mol. The van der Waals surface area contributed by atoms with Crippen LogP contribution < -0.4 is 16.4 Å². The molecule has 1 amide bonds. The maximum absolute atomic E-state index is 12.1. The summed E-state index contributed by atoms with van der Waals surface area (Å²) in [5.74, 6) is 0.210. The molecule has 20 heavy (non-hydrogen) atoms. The number of nitrogens with two attached hydrogens (primary N) is 1. The Bertz CT molecular complexity index is 459. The molecule has 0 bridgehead atoms. The molecule has 2 rings (SSSR count). The van der Waals surface area contributed by atoms with E-state index in [9.17, 15) is 4.79 Å². The van der Waals surface area contributed by atoms with E-state index in [0.717, 1.165) is 11.6 Å². The lowest BCUT2D eigenvalue weighted by Gasteiger charge is -2.25. The van der Waals surface area contributed by atoms with Gasteiger partial charge in [-0.15, -0.1) is 0 Å². The average Bonchev–Trinajstić information content (AvgIpc) is 2.74. The van der Waals surface area contributed by atoms with E-state index in [1.54, 1.807) is 11.8 Å². The van der Waals surface area contributed by atoms with Crippen molar-refractivity contribution in [1.29, 1.82) is 0 Å². The van der Waals surface area contributed by atoms with Gasteiger partial charge in [-0.05, 0) is 31.9 Å². The Morgan fingerprint density at radius 2 is 2.35 bits per heavy atom. The van der Waals surface area contributed by atoms with Crippen molar-refractivity contribution in [3.63, 3.8) is 0 Å². The average molecular weight is 314 g/mol. The molecule has 0 radical (unpaired) electrons. The number of carbonyl (C=O) groups excluding carboxylic acids is 1. The van der Waals surface area contributed by atoms with Gasteiger partial charge in [-0.3, -0.25) is 4.79 Å².